The van der Waals surface area contributed by atoms with Crippen molar-refractivity contribution >= 4 is 89.5 Å². The smallest absolute Gasteiger partial charge is 0.326 e. The summed E-state index contributed by atoms with van der Waals surface area (Å²) in [6.45, 7) is 13.0. The van der Waals surface area contributed by atoms with Crippen LogP contribution in [0.25, 0.3) is 0 Å². The van der Waals surface area contributed by atoms with Crippen LogP contribution in [-0.2, 0) is 62.3 Å². The van der Waals surface area contributed by atoms with E-state index in [-0.39, 0.29) is 31.1 Å². The maximum Gasteiger partial charge on any atom is 0.326 e. The van der Waals surface area contributed by atoms with Crippen molar-refractivity contribution in [2.75, 3.05) is 12.4 Å². The lowest BCUT2D eigenvalue weighted by Crippen LogP contribution is -2.62. The van der Waals surface area contributed by atoms with Gasteiger partial charge in [0.05, 0.1) is 25.5 Å². The van der Waals surface area contributed by atoms with Crippen LogP contribution >= 0.6 is 12.6 Å². The van der Waals surface area contributed by atoms with E-state index in [1.54, 1.807) is 27.7 Å². The molecular formula is C43H74N12O16S. The molecule has 0 aliphatic carbocycles. The number of rotatable bonds is 33. The number of aliphatic carboxylic acids is 2. The molecule has 0 bridgehead atoms. The number of hydrogen-bond donors (Lipinski definition) is 16. The first kappa shape index (κ1) is 65.4. The van der Waals surface area contributed by atoms with E-state index in [1.165, 1.54) is 34.6 Å². The van der Waals surface area contributed by atoms with E-state index in [2.05, 4.69) is 60.5 Å². The van der Waals surface area contributed by atoms with Crippen LogP contribution in [0.15, 0.2) is 0 Å². The zero-order chi connectivity index (χ0) is 55.9. The van der Waals surface area contributed by atoms with Crippen LogP contribution in [0, 0.1) is 23.7 Å². The molecule has 0 rings (SSSR count). The molecule has 0 heterocycles. The average molecular weight is 1050 g/mol. The van der Waals surface area contributed by atoms with E-state index in [0.29, 0.717) is 0 Å². The number of carbonyl (C=O) groups is 13. The molecule has 29 heteroatoms. The zero-order valence-electron chi connectivity index (χ0n) is 41.9. The maximum atomic E-state index is 13.6. The van der Waals surface area contributed by atoms with Crippen molar-refractivity contribution < 1.29 is 77.6 Å². The molecule has 0 saturated heterocycles. The third-order valence-electron chi connectivity index (χ3n) is 10.6. The van der Waals surface area contributed by atoms with Crippen LogP contribution in [0.2, 0.25) is 0 Å². The summed E-state index contributed by atoms with van der Waals surface area (Å²) in [5, 5.41) is 49.8. The number of primary amides is 2. The molecule has 0 fully saturated rings. The minimum absolute atomic E-state index is 0.0814. The highest BCUT2D eigenvalue weighted by Crippen LogP contribution is 2.10. The summed E-state index contributed by atoms with van der Waals surface area (Å²) in [7, 11) is 0. The summed E-state index contributed by atoms with van der Waals surface area (Å²) >= 11 is 4.10. The second kappa shape index (κ2) is 31.7. The Morgan fingerprint density at radius 3 is 1.32 bits per heavy atom. The van der Waals surface area contributed by atoms with E-state index in [4.69, 9.17) is 17.2 Å². The van der Waals surface area contributed by atoms with Crippen LogP contribution in [0.3, 0.4) is 0 Å². The Kier molecular flexibility index (Phi) is 28.7. The lowest BCUT2D eigenvalue weighted by Gasteiger charge is -2.28. The Balaban J connectivity index is 6.23. The number of thiol groups is 1. The molecule has 72 heavy (non-hydrogen) atoms. The van der Waals surface area contributed by atoms with E-state index in [0.717, 1.165) is 0 Å². The summed E-state index contributed by atoms with van der Waals surface area (Å²) < 4.78 is 0. The van der Waals surface area contributed by atoms with Crippen molar-refractivity contribution in [3.05, 3.63) is 0 Å². The first-order chi connectivity index (χ1) is 33.3. The van der Waals surface area contributed by atoms with Gasteiger partial charge in [0.15, 0.2) is 0 Å². The summed E-state index contributed by atoms with van der Waals surface area (Å²) in [6.07, 6.45) is -2.69. The molecule has 0 aromatic heterocycles. The average Bonchev–Trinajstić information content (AvgIpc) is 3.26. The Morgan fingerprint density at radius 1 is 0.458 bits per heavy atom. The van der Waals surface area contributed by atoms with Gasteiger partial charge in [-0.05, 0) is 43.4 Å². The van der Waals surface area contributed by atoms with Crippen LogP contribution in [-0.4, -0.2) is 165 Å². The molecule has 0 spiro atoms. The van der Waals surface area contributed by atoms with Crippen molar-refractivity contribution in [3.8, 4) is 0 Å². The Bertz CT molecular complexity index is 1970. The minimum atomic E-state index is -2.00. The number of carboxylic acid groups (broad SMARTS) is 2. The maximum absolute atomic E-state index is 13.6. The van der Waals surface area contributed by atoms with E-state index >= 15 is 0 Å². The fraction of sp³-hybridized carbons (Fsp3) is 0.698. The van der Waals surface area contributed by atoms with Gasteiger partial charge in [0.2, 0.25) is 65.0 Å². The quantitative estimate of drug-likeness (QED) is 0.0272. The molecule has 0 aliphatic heterocycles. The summed E-state index contributed by atoms with van der Waals surface area (Å²) in [5.41, 5.74) is 16.4. The minimum Gasteiger partial charge on any atom is -0.481 e. The highest BCUT2D eigenvalue weighted by Gasteiger charge is 2.37. The summed E-state index contributed by atoms with van der Waals surface area (Å²) in [4.78, 5) is 167. The van der Waals surface area contributed by atoms with E-state index in [9.17, 15) is 77.6 Å². The van der Waals surface area contributed by atoms with Crippen molar-refractivity contribution in [1.29, 1.82) is 0 Å². The fourth-order valence-electron chi connectivity index (χ4n) is 6.32. The predicted octanol–water partition coefficient (Wildman–Crippen LogP) is -5.67. The Hall–Kier alpha value is -6.62. The number of aliphatic hydroxyl groups is 1. The number of aliphatic hydroxyl groups excluding tert-OH is 1. The number of nitrogens with one attached hydrogen (secondary N) is 9. The van der Waals surface area contributed by atoms with E-state index in [1.807, 2.05) is 0 Å². The molecule has 10 atom stereocenters. The summed E-state index contributed by atoms with van der Waals surface area (Å²) in [6, 6.07) is -15.2. The van der Waals surface area contributed by atoms with Crippen LogP contribution in [0.1, 0.15) is 94.4 Å². The highest BCUT2D eigenvalue weighted by atomic mass is 32.1. The Morgan fingerprint density at radius 2 is 0.875 bits per heavy atom. The van der Waals surface area contributed by atoms with Gasteiger partial charge in [-0.15, -0.1) is 0 Å². The van der Waals surface area contributed by atoms with Gasteiger partial charge in [0, 0.05) is 12.2 Å². The largest absolute Gasteiger partial charge is 0.481 e. The second-order valence-electron chi connectivity index (χ2n) is 18.4. The fourth-order valence-corrected chi connectivity index (χ4v) is 6.58. The van der Waals surface area contributed by atoms with Gasteiger partial charge in [0.25, 0.3) is 0 Å². The van der Waals surface area contributed by atoms with Crippen molar-refractivity contribution in [2.45, 2.75) is 155 Å². The zero-order valence-corrected chi connectivity index (χ0v) is 42.8. The van der Waals surface area contributed by atoms with Gasteiger partial charge >= 0.3 is 11.9 Å². The molecule has 28 nitrogen and oxygen atoms in total. The normalized spacial score (nSPS) is 15.4. The van der Waals surface area contributed by atoms with Gasteiger partial charge in [0.1, 0.15) is 54.4 Å². The van der Waals surface area contributed by atoms with Crippen LogP contribution in [0.5, 0.6) is 0 Å². The summed E-state index contributed by atoms with van der Waals surface area (Å²) in [5.74, 6) is -16.6. The van der Waals surface area contributed by atoms with Gasteiger partial charge in [-0.3, -0.25) is 57.5 Å². The molecule has 0 radical (unpaired) electrons. The second-order valence-corrected chi connectivity index (χ2v) is 18.8. The highest BCUT2D eigenvalue weighted by molar-refractivity contribution is 7.80. The van der Waals surface area contributed by atoms with Gasteiger partial charge in [-0.1, -0.05) is 55.4 Å². The predicted molar refractivity (Wildman–Crippen MR) is 258 cm³/mol. The SMILES string of the molecule is CC(C)C[C@H](NC(=O)[C@@H](N)C(C)C)C(=O)N[C@@H](CO)C(=O)N[C@@H](CC(N)=O)C(=O)N[C@@H](CC(=O)O)C(=O)N[C@H](C(=O)N[C@@H](CS)C(=O)N[C@@H](C)C(=O)N[C@@H](CCC(N)=O)C(=O)N[C@H](C(=O)O)C(C)C)C(C)C. The number of hydrogen-bond acceptors (Lipinski definition) is 16. The van der Waals surface area contributed by atoms with Crippen LogP contribution < -0.4 is 65.1 Å². The molecule has 0 unspecified atom stereocenters. The molecule has 0 aromatic rings. The van der Waals surface area contributed by atoms with Gasteiger partial charge in [-0.25, -0.2) is 4.79 Å². The molecular weight excluding hydrogens is 973 g/mol. The number of carbonyl (C=O) groups excluding carboxylic acids is 11. The standard InChI is InChI=1S/C43H74N12O16S/c1-17(2)12-23(51-41(68)31(46)18(3)4)36(63)52-26(15-56)39(66)49-24(13-29(45)58)37(64)50-25(14-30(59)60)38(65)54-32(19(5)6)42(69)53-27(16-72)40(67)47-21(9)34(61)48-22(10-11-28(44)57)35(62)55-33(20(7)8)43(70)71/h17-27,31-33,56,72H,10-16,46H2,1-9H3,(H2,44,57)(H2,45,58)(H,47,67)(H,48,61)(H,49,66)(H,50,64)(H,51,68)(H,52,63)(H,53,69)(H,54,65)(H,55,62)(H,59,60)(H,70,71)/t21-,22-,23-,24-,25-,26-,27-,31-,32-,33-/m0/s1. The number of carboxylic acids is 2. The Labute approximate surface area is 422 Å². The third-order valence-corrected chi connectivity index (χ3v) is 10.9. The van der Waals surface area contributed by atoms with Gasteiger partial charge in [-0.2, -0.15) is 12.6 Å². The molecule has 11 amide bonds. The van der Waals surface area contributed by atoms with Crippen molar-refractivity contribution in [2.24, 2.45) is 40.9 Å². The van der Waals surface area contributed by atoms with Gasteiger partial charge < -0.3 is 80.4 Å². The third kappa shape index (κ3) is 23.5. The number of nitrogens with two attached hydrogens (primary N) is 3. The first-order valence-electron chi connectivity index (χ1n) is 23.0. The molecule has 408 valence electrons. The van der Waals surface area contributed by atoms with Crippen molar-refractivity contribution in [3.63, 3.8) is 0 Å². The topological polar surface area (TPSA) is 469 Å². The lowest BCUT2D eigenvalue weighted by molar-refractivity contribution is -0.143. The molecule has 18 N–H and O–H groups in total. The van der Waals surface area contributed by atoms with E-state index < -0.39 is 174 Å². The lowest BCUT2D eigenvalue weighted by atomic mass is 10.00. The van der Waals surface area contributed by atoms with Crippen LogP contribution in [0.4, 0.5) is 0 Å². The first-order valence-corrected chi connectivity index (χ1v) is 23.6. The molecule has 0 saturated carbocycles. The molecule has 0 aliphatic rings. The monoisotopic (exact) mass is 1050 g/mol. The van der Waals surface area contributed by atoms with Crippen molar-refractivity contribution in [1.82, 2.24) is 47.9 Å². The molecule has 0 aromatic carbocycles. The number of amides is 11.